The highest BCUT2D eigenvalue weighted by Crippen LogP contribution is 2.34. The zero-order valence-corrected chi connectivity index (χ0v) is 12.0. The lowest BCUT2D eigenvalue weighted by molar-refractivity contribution is 0.0957. The third kappa shape index (κ3) is 2.77. The number of fused-ring (bicyclic) bond motifs is 1. The third-order valence-corrected chi connectivity index (χ3v) is 3.15. The SMILES string of the molecule is COc1c(Cl)cc(C(=O)NCCS)c2ncccc12. The van der Waals surface area contributed by atoms with Gasteiger partial charge in [-0.05, 0) is 18.2 Å². The fourth-order valence-electron chi connectivity index (χ4n) is 1.84. The van der Waals surface area contributed by atoms with Gasteiger partial charge in [-0.15, -0.1) is 0 Å². The normalized spacial score (nSPS) is 10.5. The van der Waals surface area contributed by atoms with Gasteiger partial charge in [0, 0.05) is 23.9 Å². The van der Waals surface area contributed by atoms with Crippen molar-refractivity contribution in [2.75, 3.05) is 19.4 Å². The Morgan fingerprint density at radius 2 is 2.37 bits per heavy atom. The summed E-state index contributed by atoms with van der Waals surface area (Å²) < 4.78 is 5.26. The van der Waals surface area contributed by atoms with Gasteiger partial charge in [0.1, 0.15) is 5.75 Å². The summed E-state index contributed by atoms with van der Waals surface area (Å²) in [5.41, 5.74) is 1.00. The zero-order valence-electron chi connectivity index (χ0n) is 10.3. The van der Waals surface area contributed by atoms with Gasteiger partial charge in [-0.25, -0.2) is 0 Å². The lowest BCUT2D eigenvalue weighted by atomic mass is 10.1. The minimum Gasteiger partial charge on any atom is -0.494 e. The van der Waals surface area contributed by atoms with Gasteiger partial charge in [0.15, 0.2) is 0 Å². The molecule has 0 saturated carbocycles. The van der Waals surface area contributed by atoms with E-state index in [9.17, 15) is 4.79 Å². The van der Waals surface area contributed by atoms with E-state index in [1.54, 1.807) is 18.3 Å². The Bertz CT molecular complexity index is 619. The molecule has 0 spiro atoms. The predicted molar refractivity (Wildman–Crippen MR) is 79.5 cm³/mol. The van der Waals surface area contributed by atoms with Crippen molar-refractivity contribution in [2.24, 2.45) is 0 Å². The Kier molecular flexibility index (Phi) is 4.50. The maximum atomic E-state index is 12.1. The molecule has 100 valence electrons. The molecule has 6 heteroatoms. The van der Waals surface area contributed by atoms with Crippen molar-refractivity contribution in [2.45, 2.75) is 0 Å². The van der Waals surface area contributed by atoms with E-state index in [2.05, 4.69) is 22.9 Å². The van der Waals surface area contributed by atoms with Crippen molar-refractivity contribution in [3.63, 3.8) is 0 Å². The number of amides is 1. The highest BCUT2D eigenvalue weighted by molar-refractivity contribution is 7.80. The molecule has 0 bridgehead atoms. The summed E-state index contributed by atoms with van der Waals surface area (Å²) in [5, 5.41) is 3.85. The Morgan fingerprint density at radius 1 is 1.58 bits per heavy atom. The smallest absolute Gasteiger partial charge is 0.253 e. The molecule has 0 radical (unpaired) electrons. The molecule has 1 amide bonds. The number of hydrogen-bond acceptors (Lipinski definition) is 4. The Hall–Kier alpha value is -1.46. The number of thiol groups is 1. The number of halogens is 1. The van der Waals surface area contributed by atoms with Gasteiger partial charge in [-0.1, -0.05) is 11.6 Å². The number of aromatic nitrogens is 1. The van der Waals surface area contributed by atoms with E-state index in [1.165, 1.54) is 7.11 Å². The first-order valence-electron chi connectivity index (χ1n) is 5.69. The Morgan fingerprint density at radius 3 is 3.05 bits per heavy atom. The fourth-order valence-corrected chi connectivity index (χ4v) is 2.24. The Balaban J connectivity index is 2.59. The van der Waals surface area contributed by atoms with E-state index in [-0.39, 0.29) is 5.91 Å². The van der Waals surface area contributed by atoms with Crippen molar-refractivity contribution in [1.82, 2.24) is 10.3 Å². The first-order chi connectivity index (χ1) is 9.19. The van der Waals surface area contributed by atoms with Crippen molar-refractivity contribution in [1.29, 1.82) is 0 Å². The summed E-state index contributed by atoms with van der Waals surface area (Å²) >= 11 is 10.2. The molecule has 0 fully saturated rings. The lowest BCUT2D eigenvalue weighted by Crippen LogP contribution is -2.25. The van der Waals surface area contributed by atoms with Crippen LogP contribution < -0.4 is 10.1 Å². The molecule has 0 aliphatic carbocycles. The second kappa shape index (κ2) is 6.12. The molecule has 0 atom stereocenters. The number of ether oxygens (including phenoxy) is 1. The molecule has 1 N–H and O–H groups in total. The van der Waals surface area contributed by atoms with E-state index in [0.29, 0.717) is 39.5 Å². The molecule has 4 nitrogen and oxygen atoms in total. The van der Waals surface area contributed by atoms with Gasteiger partial charge < -0.3 is 10.1 Å². The summed E-state index contributed by atoms with van der Waals surface area (Å²) in [6, 6.07) is 5.17. The minimum absolute atomic E-state index is 0.220. The van der Waals surface area contributed by atoms with Gasteiger partial charge in [0.25, 0.3) is 5.91 Å². The van der Waals surface area contributed by atoms with Gasteiger partial charge in [-0.2, -0.15) is 12.6 Å². The summed E-state index contributed by atoms with van der Waals surface area (Å²) in [7, 11) is 1.54. The number of nitrogens with one attached hydrogen (secondary N) is 1. The molecule has 0 unspecified atom stereocenters. The molecule has 1 heterocycles. The largest absolute Gasteiger partial charge is 0.494 e. The first kappa shape index (κ1) is 14.0. The van der Waals surface area contributed by atoms with Crippen LogP contribution in [0.4, 0.5) is 0 Å². The molecule has 0 aliphatic rings. The molecule has 19 heavy (non-hydrogen) atoms. The van der Waals surface area contributed by atoms with E-state index in [1.807, 2.05) is 6.07 Å². The number of carbonyl (C=O) groups is 1. The third-order valence-electron chi connectivity index (χ3n) is 2.64. The first-order valence-corrected chi connectivity index (χ1v) is 6.70. The number of nitrogens with zero attached hydrogens (tertiary/aromatic N) is 1. The maximum Gasteiger partial charge on any atom is 0.253 e. The number of hydrogen-bond donors (Lipinski definition) is 2. The summed E-state index contributed by atoms with van der Waals surface area (Å²) in [5.74, 6) is 0.874. The summed E-state index contributed by atoms with van der Waals surface area (Å²) in [6.07, 6.45) is 1.63. The van der Waals surface area contributed by atoms with Crippen LogP contribution >= 0.6 is 24.2 Å². The number of methoxy groups -OCH3 is 1. The van der Waals surface area contributed by atoms with Gasteiger partial charge >= 0.3 is 0 Å². The standard InChI is InChI=1S/C13H13ClN2O2S/c1-18-12-8-3-2-4-15-11(8)9(7-10(12)14)13(17)16-5-6-19/h2-4,7,19H,5-6H2,1H3,(H,16,17). The highest BCUT2D eigenvalue weighted by Gasteiger charge is 2.16. The second-order valence-corrected chi connectivity index (χ2v) is 4.67. The van der Waals surface area contributed by atoms with E-state index in [4.69, 9.17) is 16.3 Å². The molecule has 1 aromatic carbocycles. The average molecular weight is 297 g/mol. The predicted octanol–water partition coefficient (Wildman–Crippen LogP) is 2.56. The van der Waals surface area contributed by atoms with Gasteiger partial charge in [-0.3, -0.25) is 9.78 Å². The van der Waals surface area contributed by atoms with Crippen LogP contribution in [-0.2, 0) is 0 Å². The van der Waals surface area contributed by atoms with Gasteiger partial charge in [0.05, 0.1) is 23.2 Å². The highest BCUT2D eigenvalue weighted by atomic mass is 35.5. The quantitative estimate of drug-likeness (QED) is 0.853. The minimum atomic E-state index is -0.220. The van der Waals surface area contributed by atoms with Crippen LogP contribution in [0.25, 0.3) is 10.9 Å². The van der Waals surface area contributed by atoms with Crippen molar-refractivity contribution in [3.05, 3.63) is 35.0 Å². The van der Waals surface area contributed by atoms with Crippen LogP contribution in [0.3, 0.4) is 0 Å². The van der Waals surface area contributed by atoms with Gasteiger partial charge in [0.2, 0.25) is 0 Å². The van der Waals surface area contributed by atoms with Crippen molar-refractivity contribution in [3.8, 4) is 5.75 Å². The van der Waals surface area contributed by atoms with Crippen LogP contribution in [0.15, 0.2) is 24.4 Å². The van der Waals surface area contributed by atoms with Crippen LogP contribution in [0.1, 0.15) is 10.4 Å². The number of benzene rings is 1. The molecular formula is C13H13ClN2O2S. The molecule has 2 rings (SSSR count). The van der Waals surface area contributed by atoms with Crippen molar-refractivity contribution < 1.29 is 9.53 Å². The monoisotopic (exact) mass is 296 g/mol. The van der Waals surface area contributed by atoms with E-state index >= 15 is 0 Å². The van der Waals surface area contributed by atoms with Crippen molar-refractivity contribution >= 4 is 41.0 Å². The van der Waals surface area contributed by atoms with E-state index in [0.717, 1.165) is 0 Å². The number of rotatable bonds is 4. The Labute approximate surface area is 121 Å². The summed E-state index contributed by atoms with van der Waals surface area (Å²) in [6.45, 7) is 0.486. The maximum absolute atomic E-state index is 12.1. The fraction of sp³-hybridized carbons (Fsp3) is 0.231. The molecule has 0 aliphatic heterocycles. The van der Waals surface area contributed by atoms with Crippen LogP contribution in [-0.4, -0.2) is 30.3 Å². The van der Waals surface area contributed by atoms with Crippen LogP contribution in [0, 0.1) is 0 Å². The number of pyridine rings is 1. The van der Waals surface area contributed by atoms with E-state index < -0.39 is 0 Å². The lowest BCUT2D eigenvalue weighted by Gasteiger charge is -2.11. The summed E-state index contributed by atoms with van der Waals surface area (Å²) in [4.78, 5) is 16.3. The molecule has 1 aromatic heterocycles. The molecule has 0 saturated heterocycles. The zero-order chi connectivity index (χ0) is 13.8. The topological polar surface area (TPSA) is 51.2 Å². The number of carbonyl (C=O) groups excluding carboxylic acids is 1. The van der Waals surface area contributed by atoms with Crippen LogP contribution in [0.5, 0.6) is 5.75 Å². The average Bonchev–Trinajstić information content (AvgIpc) is 2.44. The molecular weight excluding hydrogens is 284 g/mol. The van der Waals surface area contributed by atoms with Crippen LogP contribution in [0.2, 0.25) is 5.02 Å². The second-order valence-electron chi connectivity index (χ2n) is 3.82. The molecule has 2 aromatic rings.